The van der Waals surface area contributed by atoms with Crippen LogP contribution in [0.3, 0.4) is 0 Å². The molecule has 0 radical (unpaired) electrons. The van der Waals surface area contributed by atoms with Gasteiger partial charge in [-0.15, -0.1) is 47.0 Å². The van der Waals surface area contributed by atoms with Crippen molar-refractivity contribution in [1.82, 2.24) is 0 Å². The molecule has 5 heteroatoms. The number of aliphatic hydroxyl groups is 1. The Morgan fingerprint density at radius 3 is 2.20 bits per heavy atom. The van der Waals surface area contributed by atoms with Crippen LogP contribution in [-0.2, 0) is 0 Å². The maximum atomic E-state index is 10.5. The fourth-order valence-electron chi connectivity index (χ4n) is 1.76. The van der Waals surface area contributed by atoms with Crippen LogP contribution in [0.1, 0.15) is 19.8 Å². The van der Waals surface area contributed by atoms with Crippen LogP contribution >= 0.6 is 47.0 Å². The van der Waals surface area contributed by atoms with Crippen LogP contribution in [0.5, 0.6) is 0 Å². The van der Waals surface area contributed by atoms with E-state index in [-0.39, 0.29) is 10.2 Å². The lowest BCUT2D eigenvalue weighted by molar-refractivity contribution is 0.183. The van der Waals surface area contributed by atoms with Crippen molar-refractivity contribution in [3.8, 4) is 0 Å². The Labute approximate surface area is 109 Å². The summed E-state index contributed by atoms with van der Waals surface area (Å²) in [6.45, 7) is 2.22. The van der Waals surface area contributed by atoms with Gasteiger partial charge in [0.25, 0.3) is 0 Å². The molecule has 2 heterocycles. The molecule has 2 aliphatic heterocycles. The smallest absolute Gasteiger partial charge is 0.0985 e. The molecular weight excluding hydrogens is 264 g/mol. The summed E-state index contributed by atoms with van der Waals surface area (Å²) in [5.41, 5.74) is 0. The van der Waals surface area contributed by atoms with Gasteiger partial charge in [0.15, 0.2) is 0 Å². The van der Waals surface area contributed by atoms with Crippen LogP contribution in [0.2, 0.25) is 0 Å². The average molecular weight is 283 g/mol. The Kier molecular flexibility index (Phi) is 4.96. The van der Waals surface area contributed by atoms with E-state index in [9.17, 15) is 5.11 Å². The van der Waals surface area contributed by atoms with Gasteiger partial charge < -0.3 is 5.11 Å². The second-order valence-electron chi connectivity index (χ2n) is 3.97. The monoisotopic (exact) mass is 282 g/mol. The predicted octanol–water partition coefficient (Wildman–Crippen LogP) is 3.13. The minimum absolute atomic E-state index is 0.0419. The first-order valence-electron chi connectivity index (χ1n) is 5.41. The zero-order valence-electron chi connectivity index (χ0n) is 8.98. The highest BCUT2D eigenvalue weighted by atomic mass is 32.2. The third kappa shape index (κ3) is 3.18. The molecule has 2 rings (SSSR count). The minimum atomic E-state index is -0.164. The van der Waals surface area contributed by atoms with E-state index in [0.29, 0.717) is 4.58 Å². The van der Waals surface area contributed by atoms with Crippen LogP contribution in [0.15, 0.2) is 0 Å². The van der Waals surface area contributed by atoms with E-state index in [1.165, 1.54) is 35.9 Å². The van der Waals surface area contributed by atoms with Crippen LogP contribution in [-0.4, -0.2) is 42.9 Å². The van der Waals surface area contributed by atoms with E-state index in [1.807, 2.05) is 47.0 Å². The van der Waals surface area contributed by atoms with E-state index in [0.717, 1.165) is 0 Å². The first kappa shape index (κ1) is 12.8. The molecule has 2 aliphatic rings. The topological polar surface area (TPSA) is 20.2 Å². The fourth-order valence-corrected chi connectivity index (χ4v) is 8.26. The van der Waals surface area contributed by atoms with Crippen LogP contribution in [0.4, 0.5) is 0 Å². The SMILES string of the molecule is CC1(C(O)C2SCCCS2)SCCCS1. The molecular formula is C10H18OS4. The number of hydrogen-bond acceptors (Lipinski definition) is 5. The van der Waals surface area contributed by atoms with Gasteiger partial charge in [0.1, 0.15) is 0 Å². The highest BCUT2D eigenvalue weighted by Gasteiger charge is 2.41. The summed E-state index contributed by atoms with van der Waals surface area (Å²) < 4.78 is 0.446. The molecule has 15 heavy (non-hydrogen) atoms. The summed E-state index contributed by atoms with van der Waals surface area (Å²) >= 11 is 7.81. The summed E-state index contributed by atoms with van der Waals surface area (Å²) in [7, 11) is 0. The number of thioether (sulfide) groups is 4. The molecule has 0 bridgehead atoms. The van der Waals surface area contributed by atoms with Crippen molar-refractivity contribution in [2.75, 3.05) is 23.0 Å². The summed E-state index contributed by atoms with van der Waals surface area (Å²) in [6, 6.07) is 0. The lowest BCUT2D eigenvalue weighted by Gasteiger charge is -2.40. The molecule has 1 atom stereocenters. The highest BCUT2D eigenvalue weighted by molar-refractivity contribution is 8.20. The van der Waals surface area contributed by atoms with Gasteiger partial charge in [-0.3, -0.25) is 0 Å². The molecule has 1 unspecified atom stereocenters. The Morgan fingerprint density at radius 2 is 1.60 bits per heavy atom. The lowest BCUT2D eigenvalue weighted by atomic mass is 10.3. The van der Waals surface area contributed by atoms with Crippen LogP contribution in [0, 0.1) is 0 Å². The summed E-state index contributed by atoms with van der Waals surface area (Å²) in [5.74, 6) is 4.87. The van der Waals surface area contributed by atoms with Gasteiger partial charge >= 0.3 is 0 Å². The van der Waals surface area contributed by atoms with Gasteiger partial charge in [0, 0.05) is 0 Å². The van der Waals surface area contributed by atoms with Gasteiger partial charge in [-0.05, 0) is 42.8 Å². The van der Waals surface area contributed by atoms with Gasteiger partial charge in [0.05, 0.1) is 14.8 Å². The zero-order chi connectivity index (χ0) is 10.7. The Hall–Kier alpha value is 1.36. The van der Waals surface area contributed by atoms with E-state index < -0.39 is 0 Å². The Bertz CT molecular complexity index is 200. The first-order chi connectivity index (χ1) is 7.22. The van der Waals surface area contributed by atoms with Crippen molar-refractivity contribution in [1.29, 1.82) is 0 Å². The first-order valence-corrected chi connectivity index (χ1v) is 9.48. The summed E-state index contributed by atoms with van der Waals surface area (Å²) in [6.07, 6.45) is 2.43. The normalized spacial score (nSPS) is 30.0. The summed E-state index contributed by atoms with van der Waals surface area (Å²) in [4.78, 5) is 0. The van der Waals surface area contributed by atoms with E-state index in [4.69, 9.17) is 0 Å². The van der Waals surface area contributed by atoms with E-state index in [1.54, 1.807) is 0 Å². The van der Waals surface area contributed by atoms with Crippen LogP contribution < -0.4 is 0 Å². The second-order valence-corrected chi connectivity index (χ2v) is 10.1. The molecule has 0 spiro atoms. The van der Waals surface area contributed by atoms with Gasteiger partial charge in [-0.25, -0.2) is 0 Å². The quantitative estimate of drug-likeness (QED) is 0.837. The van der Waals surface area contributed by atoms with Crippen molar-refractivity contribution >= 4 is 47.0 Å². The standard InChI is InChI=1S/C10H18OS4/c1-10(14-6-3-7-15-10)8(11)9-12-4-2-5-13-9/h8-9,11H,2-7H2,1H3. The van der Waals surface area contributed by atoms with Crippen molar-refractivity contribution in [2.45, 2.75) is 34.5 Å². The predicted molar refractivity (Wildman–Crippen MR) is 77.3 cm³/mol. The third-order valence-electron chi connectivity index (χ3n) is 2.71. The molecule has 88 valence electrons. The molecule has 0 saturated carbocycles. The molecule has 0 aromatic carbocycles. The van der Waals surface area contributed by atoms with Crippen molar-refractivity contribution < 1.29 is 5.11 Å². The Morgan fingerprint density at radius 1 is 1.07 bits per heavy atom. The summed E-state index contributed by atoms with van der Waals surface area (Å²) in [5, 5.41) is 10.5. The molecule has 0 amide bonds. The molecule has 2 fully saturated rings. The Balaban J connectivity index is 1.94. The fraction of sp³-hybridized carbons (Fsp3) is 1.00. The van der Waals surface area contributed by atoms with Gasteiger partial charge in [0.2, 0.25) is 0 Å². The zero-order valence-corrected chi connectivity index (χ0v) is 12.2. The van der Waals surface area contributed by atoms with Crippen molar-refractivity contribution in [3.05, 3.63) is 0 Å². The van der Waals surface area contributed by atoms with Gasteiger partial charge in [-0.1, -0.05) is 0 Å². The van der Waals surface area contributed by atoms with Crippen LogP contribution in [0.25, 0.3) is 0 Å². The highest BCUT2D eigenvalue weighted by Crippen LogP contribution is 2.49. The molecule has 0 aromatic rings. The number of rotatable bonds is 2. The molecule has 1 nitrogen and oxygen atoms in total. The number of aliphatic hydroxyl groups excluding tert-OH is 1. The van der Waals surface area contributed by atoms with Gasteiger partial charge in [-0.2, -0.15) is 0 Å². The second kappa shape index (κ2) is 5.80. The maximum absolute atomic E-state index is 10.5. The lowest BCUT2D eigenvalue weighted by Crippen LogP contribution is -2.42. The van der Waals surface area contributed by atoms with E-state index >= 15 is 0 Å². The van der Waals surface area contributed by atoms with Crippen molar-refractivity contribution in [2.24, 2.45) is 0 Å². The van der Waals surface area contributed by atoms with Crippen molar-refractivity contribution in [3.63, 3.8) is 0 Å². The largest absolute Gasteiger partial charge is 0.389 e. The molecule has 0 aliphatic carbocycles. The molecule has 0 aromatic heterocycles. The third-order valence-corrected chi connectivity index (χ3v) is 9.07. The molecule has 2 saturated heterocycles. The molecule has 1 N–H and O–H groups in total. The average Bonchev–Trinajstić information content (AvgIpc) is 2.30. The number of hydrogen-bond donors (Lipinski definition) is 1. The maximum Gasteiger partial charge on any atom is 0.0985 e. The van der Waals surface area contributed by atoms with E-state index in [2.05, 4.69) is 6.92 Å². The minimum Gasteiger partial charge on any atom is -0.389 e.